The van der Waals surface area contributed by atoms with Gasteiger partial charge in [-0.05, 0) is 81.0 Å². The van der Waals surface area contributed by atoms with E-state index in [2.05, 4.69) is 37.0 Å². The summed E-state index contributed by atoms with van der Waals surface area (Å²) in [6.07, 6.45) is 2.67. The zero-order valence-electron chi connectivity index (χ0n) is 20.3. The van der Waals surface area contributed by atoms with E-state index in [9.17, 15) is 9.59 Å². The van der Waals surface area contributed by atoms with Crippen molar-refractivity contribution in [2.45, 2.75) is 46.6 Å². The van der Waals surface area contributed by atoms with Crippen LogP contribution in [0.15, 0.2) is 48.7 Å². The molecule has 2 heterocycles. The Hall–Kier alpha value is -3.41. The second-order valence-electron chi connectivity index (χ2n) is 8.94. The minimum absolute atomic E-state index is 0.119. The van der Waals surface area contributed by atoms with E-state index in [0.29, 0.717) is 25.4 Å². The number of likely N-dealkylation sites (tertiary alicyclic amines) is 1. The minimum Gasteiger partial charge on any atom is -0.481 e. The van der Waals surface area contributed by atoms with E-state index in [0.717, 1.165) is 29.3 Å². The summed E-state index contributed by atoms with van der Waals surface area (Å²) in [7, 11) is 0. The van der Waals surface area contributed by atoms with Gasteiger partial charge in [0.15, 0.2) is 6.10 Å². The fourth-order valence-corrected chi connectivity index (χ4v) is 4.80. The highest BCUT2D eigenvalue weighted by molar-refractivity contribution is 5.96. The standard InChI is InChI=1S/C28H32N2O4/c1-5-33-28(32)21-10-7-15-30(17-21)27(31)20(4)34-22-11-12-23-24(13-14-29-25(23)16-22)26-18(2)8-6-9-19(26)3/h6,8-9,11-14,16,20-21H,5,7,10,15,17H2,1-4H3/t20?,21-/m0/s1. The Morgan fingerprint density at radius 1 is 1.15 bits per heavy atom. The van der Waals surface area contributed by atoms with Crippen LogP contribution in [0.2, 0.25) is 0 Å². The first-order valence-electron chi connectivity index (χ1n) is 12.0. The number of amides is 1. The zero-order chi connectivity index (χ0) is 24.2. The molecule has 1 saturated heterocycles. The molecule has 1 fully saturated rings. The first-order chi connectivity index (χ1) is 16.4. The maximum atomic E-state index is 13.0. The van der Waals surface area contributed by atoms with Crippen LogP contribution in [0.3, 0.4) is 0 Å². The molecule has 4 rings (SSSR count). The van der Waals surface area contributed by atoms with Crippen LogP contribution in [0.4, 0.5) is 0 Å². The number of aromatic nitrogens is 1. The number of hydrogen-bond donors (Lipinski definition) is 0. The third-order valence-electron chi connectivity index (χ3n) is 6.48. The van der Waals surface area contributed by atoms with Gasteiger partial charge >= 0.3 is 5.97 Å². The predicted molar refractivity (Wildman–Crippen MR) is 133 cm³/mol. The number of piperidine rings is 1. The highest BCUT2D eigenvalue weighted by Gasteiger charge is 2.32. The van der Waals surface area contributed by atoms with E-state index in [1.54, 1.807) is 18.7 Å². The minimum atomic E-state index is -0.666. The zero-order valence-corrected chi connectivity index (χ0v) is 20.3. The first kappa shape index (κ1) is 23.7. The number of aryl methyl sites for hydroxylation is 2. The van der Waals surface area contributed by atoms with Gasteiger partial charge in [-0.2, -0.15) is 0 Å². The van der Waals surface area contributed by atoms with Crippen LogP contribution in [0.25, 0.3) is 22.0 Å². The number of esters is 1. The molecule has 34 heavy (non-hydrogen) atoms. The van der Waals surface area contributed by atoms with E-state index in [4.69, 9.17) is 9.47 Å². The number of ether oxygens (including phenoxy) is 2. The molecule has 1 amide bonds. The smallest absolute Gasteiger partial charge is 0.310 e. The number of carbonyl (C=O) groups is 2. The lowest BCUT2D eigenvalue weighted by Crippen LogP contribution is -2.47. The summed E-state index contributed by atoms with van der Waals surface area (Å²) in [4.78, 5) is 31.4. The molecule has 178 valence electrons. The van der Waals surface area contributed by atoms with Gasteiger partial charge in [0.1, 0.15) is 5.75 Å². The largest absolute Gasteiger partial charge is 0.481 e. The molecular formula is C28H32N2O4. The molecule has 1 aliphatic rings. The normalized spacial score (nSPS) is 16.8. The van der Waals surface area contributed by atoms with Crippen molar-refractivity contribution in [1.82, 2.24) is 9.88 Å². The second-order valence-corrected chi connectivity index (χ2v) is 8.94. The molecule has 1 aliphatic heterocycles. The van der Waals surface area contributed by atoms with Crippen molar-refractivity contribution < 1.29 is 19.1 Å². The molecule has 3 aromatic rings. The van der Waals surface area contributed by atoms with Crippen LogP contribution in [-0.2, 0) is 14.3 Å². The van der Waals surface area contributed by atoms with Crippen LogP contribution in [0.1, 0.15) is 37.8 Å². The summed E-state index contributed by atoms with van der Waals surface area (Å²) in [5, 5.41) is 1.04. The van der Waals surface area contributed by atoms with Gasteiger partial charge in [-0.15, -0.1) is 0 Å². The van der Waals surface area contributed by atoms with Crippen LogP contribution >= 0.6 is 0 Å². The number of rotatable bonds is 6. The quantitative estimate of drug-likeness (QED) is 0.480. The Kier molecular flexibility index (Phi) is 7.15. The molecule has 2 atom stereocenters. The molecule has 0 radical (unpaired) electrons. The van der Waals surface area contributed by atoms with Gasteiger partial charge < -0.3 is 14.4 Å². The number of benzene rings is 2. The van der Waals surface area contributed by atoms with Gasteiger partial charge in [0, 0.05) is 30.7 Å². The van der Waals surface area contributed by atoms with Crippen LogP contribution in [0.5, 0.6) is 5.75 Å². The lowest BCUT2D eigenvalue weighted by molar-refractivity contribution is -0.152. The number of hydrogen-bond acceptors (Lipinski definition) is 5. The van der Waals surface area contributed by atoms with Crippen LogP contribution < -0.4 is 4.74 Å². The molecule has 0 saturated carbocycles. The molecule has 2 aromatic carbocycles. The Labute approximate surface area is 200 Å². The van der Waals surface area contributed by atoms with Gasteiger partial charge in [0.2, 0.25) is 0 Å². The molecular weight excluding hydrogens is 428 g/mol. The van der Waals surface area contributed by atoms with Crippen molar-refractivity contribution in [2.75, 3.05) is 19.7 Å². The van der Waals surface area contributed by atoms with E-state index in [1.807, 2.05) is 30.5 Å². The van der Waals surface area contributed by atoms with Gasteiger partial charge in [-0.25, -0.2) is 0 Å². The maximum Gasteiger partial charge on any atom is 0.310 e. The Bertz CT molecular complexity index is 1190. The van der Waals surface area contributed by atoms with Gasteiger partial charge in [0.05, 0.1) is 18.0 Å². The van der Waals surface area contributed by atoms with Crippen molar-refractivity contribution in [3.8, 4) is 16.9 Å². The third kappa shape index (κ3) is 4.91. The van der Waals surface area contributed by atoms with E-state index < -0.39 is 6.10 Å². The average molecular weight is 461 g/mol. The van der Waals surface area contributed by atoms with Crippen molar-refractivity contribution in [3.05, 3.63) is 59.8 Å². The number of fused-ring (bicyclic) bond motifs is 1. The second kappa shape index (κ2) is 10.2. The van der Waals surface area contributed by atoms with Gasteiger partial charge in [0.25, 0.3) is 5.91 Å². The Morgan fingerprint density at radius 2 is 1.91 bits per heavy atom. The third-order valence-corrected chi connectivity index (χ3v) is 6.48. The molecule has 1 aromatic heterocycles. The topological polar surface area (TPSA) is 68.7 Å². The maximum absolute atomic E-state index is 13.0. The van der Waals surface area contributed by atoms with Crippen molar-refractivity contribution >= 4 is 22.8 Å². The summed E-state index contributed by atoms with van der Waals surface area (Å²) < 4.78 is 11.2. The number of carbonyl (C=O) groups excluding carboxylic acids is 2. The van der Waals surface area contributed by atoms with E-state index >= 15 is 0 Å². The first-order valence-corrected chi connectivity index (χ1v) is 12.0. The summed E-state index contributed by atoms with van der Waals surface area (Å²) in [5.74, 6) is -0.0169. The van der Waals surface area contributed by atoms with Crippen molar-refractivity contribution in [3.63, 3.8) is 0 Å². The van der Waals surface area contributed by atoms with Gasteiger partial charge in [-0.1, -0.05) is 18.2 Å². The lowest BCUT2D eigenvalue weighted by atomic mass is 9.93. The SMILES string of the molecule is CCOC(=O)[C@H]1CCCN(C(=O)C(C)Oc2ccc3c(-c4c(C)cccc4C)ccnc3c2)C1. The Morgan fingerprint density at radius 3 is 2.65 bits per heavy atom. The fourth-order valence-electron chi connectivity index (χ4n) is 4.80. The molecule has 6 heteroatoms. The van der Waals surface area contributed by atoms with Crippen LogP contribution in [0, 0.1) is 19.8 Å². The van der Waals surface area contributed by atoms with Crippen molar-refractivity contribution in [2.24, 2.45) is 5.92 Å². The summed E-state index contributed by atoms with van der Waals surface area (Å²) in [6.45, 7) is 9.14. The predicted octanol–water partition coefficient (Wildman–Crippen LogP) is 5.09. The number of pyridine rings is 1. The van der Waals surface area contributed by atoms with Crippen molar-refractivity contribution in [1.29, 1.82) is 0 Å². The highest BCUT2D eigenvalue weighted by Crippen LogP contribution is 2.34. The monoisotopic (exact) mass is 460 g/mol. The van der Waals surface area contributed by atoms with E-state index in [1.165, 1.54) is 16.7 Å². The molecule has 0 aliphatic carbocycles. The van der Waals surface area contributed by atoms with E-state index in [-0.39, 0.29) is 17.8 Å². The molecule has 6 nitrogen and oxygen atoms in total. The van der Waals surface area contributed by atoms with Crippen LogP contribution in [-0.4, -0.2) is 47.6 Å². The molecule has 0 spiro atoms. The Balaban J connectivity index is 1.51. The average Bonchev–Trinajstić information content (AvgIpc) is 2.83. The lowest BCUT2D eigenvalue weighted by Gasteiger charge is -2.33. The highest BCUT2D eigenvalue weighted by atomic mass is 16.5. The fraction of sp³-hybridized carbons (Fsp3) is 0.393. The molecule has 0 bridgehead atoms. The van der Waals surface area contributed by atoms with Gasteiger partial charge in [-0.3, -0.25) is 14.6 Å². The molecule has 1 unspecified atom stereocenters. The number of nitrogens with zero attached hydrogens (tertiary/aromatic N) is 2. The summed E-state index contributed by atoms with van der Waals surface area (Å²) in [5.41, 5.74) is 5.60. The molecule has 0 N–H and O–H groups in total. The summed E-state index contributed by atoms with van der Waals surface area (Å²) in [6, 6.07) is 14.1. The summed E-state index contributed by atoms with van der Waals surface area (Å²) >= 11 is 0.